The third-order valence-corrected chi connectivity index (χ3v) is 3.40. The summed E-state index contributed by atoms with van der Waals surface area (Å²) in [7, 11) is 0. The van der Waals surface area contributed by atoms with Gasteiger partial charge in [0.2, 0.25) is 5.91 Å². The van der Waals surface area contributed by atoms with E-state index in [9.17, 15) is 4.79 Å². The lowest BCUT2D eigenvalue weighted by atomic mass is 9.92. The molecule has 0 unspecified atom stereocenters. The molecular formula is C11H20N2O2. The zero-order valence-corrected chi connectivity index (χ0v) is 9.34. The molecule has 2 aliphatic rings. The van der Waals surface area contributed by atoms with Gasteiger partial charge in [-0.05, 0) is 39.2 Å². The van der Waals surface area contributed by atoms with Gasteiger partial charge in [0.15, 0.2) is 0 Å². The topological polar surface area (TPSA) is 50.4 Å². The van der Waals surface area contributed by atoms with Gasteiger partial charge in [0, 0.05) is 18.8 Å². The number of nitrogens with one attached hydrogen (secondary N) is 2. The monoisotopic (exact) mass is 212 g/mol. The summed E-state index contributed by atoms with van der Waals surface area (Å²) in [6.07, 6.45) is 3.92. The molecule has 1 atom stereocenters. The molecule has 2 aliphatic heterocycles. The summed E-state index contributed by atoms with van der Waals surface area (Å²) in [5.74, 6) is 0.164. The number of ether oxygens (including phenoxy) is 1. The molecule has 0 saturated carbocycles. The molecule has 86 valence electrons. The second kappa shape index (κ2) is 4.49. The van der Waals surface area contributed by atoms with Crippen molar-refractivity contribution in [2.75, 3.05) is 19.8 Å². The quantitative estimate of drug-likeness (QED) is 0.697. The maximum Gasteiger partial charge on any atom is 0.237 e. The van der Waals surface area contributed by atoms with E-state index in [0.29, 0.717) is 0 Å². The van der Waals surface area contributed by atoms with E-state index in [2.05, 4.69) is 17.6 Å². The van der Waals surface area contributed by atoms with Gasteiger partial charge in [0.05, 0.1) is 6.04 Å². The van der Waals surface area contributed by atoms with Crippen molar-refractivity contribution >= 4 is 5.91 Å². The van der Waals surface area contributed by atoms with Gasteiger partial charge in [0.1, 0.15) is 0 Å². The van der Waals surface area contributed by atoms with Crippen molar-refractivity contribution in [3.8, 4) is 0 Å². The van der Waals surface area contributed by atoms with Crippen molar-refractivity contribution in [2.45, 2.75) is 44.2 Å². The predicted molar refractivity (Wildman–Crippen MR) is 57.6 cm³/mol. The third-order valence-electron chi connectivity index (χ3n) is 3.40. The largest absolute Gasteiger partial charge is 0.381 e. The Morgan fingerprint density at radius 1 is 1.47 bits per heavy atom. The Kier molecular flexibility index (Phi) is 3.26. The van der Waals surface area contributed by atoms with E-state index in [1.807, 2.05) is 0 Å². The molecule has 4 nitrogen and oxygen atoms in total. The highest BCUT2D eigenvalue weighted by atomic mass is 16.5. The number of amides is 1. The molecule has 0 spiro atoms. The van der Waals surface area contributed by atoms with Gasteiger partial charge in [-0.2, -0.15) is 0 Å². The minimum atomic E-state index is -0.0559. The van der Waals surface area contributed by atoms with Crippen molar-refractivity contribution in [2.24, 2.45) is 0 Å². The highest BCUT2D eigenvalue weighted by Crippen LogP contribution is 2.20. The second-order valence-electron chi connectivity index (χ2n) is 4.81. The van der Waals surface area contributed by atoms with Crippen LogP contribution in [-0.2, 0) is 9.53 Å². The van der Waals surface area contributed by atoms with Crippen molar-refractivity contribution in [1.29, 1.82) is 0 Å². The van der Waals surface area contributed by atoms with Crippen molar-refractivity contribution in [1.82, 2.24) is 10.6 Å². The minimum Gasteiger partial charge on any atom is -0.381 e. The first-order valence-electron chi connectivity index (χ1n) is 5.83. The molecule has 0 bridgehead atoms. The molecule has 2 fully saturated rings. The number of rotatable bonds is 2. The Morgan fingerprint density at radius 2 is 2.20 bits per heavy atom. The van der Waals surface area contributed by atoms with E-state index < -0.39 is 0 Å². The molecule has 0 aromatic rings. The lowest BCUT2D eigenvalue weighted by molar-refractivity contribution is -0.125. The van der Waals surface area contributed by atoms with Gasteiger partial charge in [0.25, 0.3) is 0 Å². The van der Waals surface area contributed by atoms with Crippen LogP contribution in [0.25, 0.3) is 0 Å². The lowest BCUT2D eigenvalue weighted by Crippen LogP contribution is -2.54. The Bertz CT molecular complexity index is 231. The molecular weight excluding hydrogens is 192 g/mol. The maximum absolute atomic E-state index is 11.9. The fraction of sp³-hybridized carbons (Fsp3) is 0.909. The molecule has 2 N–H and O–H groups in total. The highest BCUT2D eigenvalue weighted by Gasteiger charge is 2.32. The number of carbonyl (C=O) groups excluding carboxylic acids is 1. The van der Waals surface area contributed by atoms with Crippen LogP contribution in [0.15, 0.2) is 0 Å². The second-order valence-corrected chi connectivity index (χ2v) is 4.81. The summed E-state index contributed by atoms with van der Waals surface area (Å²) < 4.78 is 5.31. The molecule has 0 aromatic carbocycles. The van der Waals surface area contributed by atoms with Gasteiger partial charge >= 0.3 is 0 Å². The van der Waals surface area contributed by atoms with E-state index in [1.165, 1.54) is 0 Å². The Hall–Kier alpha value is -0.610. The predicted octanol–water partition coefficient (Wildman–Crippen LogP) is 0.424. The van der Waals surface area contributed by atoms with E-state index in [-0.39, 0.29) is 17.5 Å². The van der Waals surface area contributed by atoms with Crippen molar-refractivity contribution in [3.05, 3.63) is 0 Å². The summed E-state index contributed by atoms with van der Waals surface area (Å²) in [5, 5.41) is 6.38. The Labute approximate surface area is 90.8 Å². The molecule has 1 amide bonds. The molecule has 2 saturated heterocycles. The maximum atomic E-state index is 11.9. The van der Waals surface area contributed by atoms with E-state index >= 15 is 0 Å². The Morgan fingerprint density at radius 3 is 2.80 bits per heavy atom. The summed E-state index contributed by atoms with van der Waals surface area (Å²) in [5.41, 5.74) is -0.0559. The normalized spacial score (nSPS) is 30.1. The molecule has 4 heteroatoms. The first-order valence-corrected chi connectivity index (χ1v) is 5.83. The highest BCUT2D eigenvalue weighted by molar-refractivity contribution is 5.82. The van der Waals surface area contributed by atoms with Crippen LogP contribution in [0.5, 0.6) is 0 Å². The van der Waals surface area contributed by atoms with Crippen molar-refractivity contribution < 1.29 is 9.53 Å². The van der Waals surface area contributed by atoms with Crippen molar-refractivity contribution in [3.63, 3.8) is 0 Å². The number of hydrogen-bond donors (Lipinski definition) is 2. The molecule has 0 aromatic heterocycles. The zero-order valence-electron chi connectivity index (χ0n) is 9.34. The van der Waals surface area contributed by atoms with Gasteiger partial charge in [-0.3, -0.25) is 4.79 Å². The van der Waals surface area contributed by atoms with Crippen LogP contribution in [0.1, 0.15) is 32.6 Å². The van der Waals surface area contributed by atoms with E-state index in [0.717, 1.165) is 45.4 Å². The van der Waals surface area contributed by atoms with Crippen LogP contribution in [0.2, 0.25) is 0 Å². The molecule has 0 radical (unpaired) electrons. The summed E-state index contributed by atoms with van der Waals surface area (Å²) in [6, 6.07) is 0.0321. The van der Waals surface area contributed by atoms with Crippen LogP contribution in [0.3, 0.4) is 0 Å². The average Bonchev–Trinajstić information content (AvgIpc) is 2.70. The first kappa shape index (κ1) is 10.9. The van der Waals surface area contributed by atoms with Crippen LogP contribution in [-0.4, -0.2) is 37.2 Å². The molecule has 2 heterocycles. The zero-order chi connectivity index (χ0) is 10.7. The SMILES string of the molecule is CC1(NC(=O)[C@@H]2CCCN2)CCOCC1. The van der Waals surface area contributed by atoms with Crippen LogP contribution >= 0.6 is 0 Å². The fourth-order valence-corrected chi connectivity index (χ4v) is 2.24. The lowest BCUT2D eigenvalue weighted by Gasteiger charge is -2.35. The summed E-state index contributed by atoms with van der Waals surface area (Å²) in [4.78, 5) is 11.9. The average molecular weight is 212 g/mol. The molecule has 0 aliphatic carbocycles. The summed E-state index contributed by atoms with van der Waals surface area (Å²) in [6.45, 7) is 4.60. The van der Waals surface area contributed by atoms with Gasteiger partial charge < -0.3 is 15.4 Å². The van der Waals surface area contributed by atoms with Crippen LogP contribution < -0.4 is 10.6 Å². The minimum absolute atomic E-state index is 0.0321. The van der Waals surface area contributed by atoms with Crippen LogP contribution in [0.4, 0.5) is 0 Å². The molecule has 15 heavy (non-hydrogen) atoms. The number of carbonyl (C=O) groups is 1. The van der Waals surface area contributed by atoms with Gasteiger partial charge in [-0.1, -0.05) is 0 Å². The van der Waals surface area contributed by atoms with Crippen LogP contribution in [0, 0.1) is 0 Å². The van der Waals surface area contributed by atoms with Gasteiger partial charge in [-0.15, -0.1) is 0 Å². The van der Waals surface area contributed by atoms with E-state index in [1.54, 1.807) is 0 Å². The smallest absolute Gasteiger partial charge is 0.237 e. The van der Waals surface area contributed by atoms with Gasteiger partial charge in [-0.25, -0.2) is 0 Å². The summed E-state index contributed by atoms with van der Waals surface area (Å²) >= 11 is 0. The third kappa shape index (κ3) is 2.69. The first-order chi connectivity index (χ1) is 7.20. The van der Waals surface area contributed by atoms with E-state index in [4.69, 9.17) is 4.74 Å². The fourth-order valence-electron chi connectivity index (χ4n) is 2.24. The molecule has 2 rings (SSSR count). The Balaban J connectivity index is 1.86. The number of hydrogen-bond acceptors (Lipinski definition) is 3. The standard InChI is InChI=1S/C11H20N2O2/c1-11(4-7-15-8-5-11)13-10(14)9-3-2-6-12-9/h9,12H,2-8H2,1H3,(H,13,14)/t9-/m0/s1.